The van der Waals surface area contributed by atoms with E-state index in [0.29, 0.717) is 0 Å². The third-order valence-corrected chi connectivity index (χ3v) is 3.18. The van der Waals surface area contributed by atoms with E-state index in [1.807, 2.05) is 18.2 Å². The predicted molar refractivity (Wildman–Crippen MR) is 84.6 cm³/mol. The monoisotopic (exact) mass is 321 g/mol. The van der Waals surface area contributed by atoms with Gasteiger partial charge in [-0.2, -0.15) is 0 Å². The molecule has 2 aromatic rings. The first kappa shape index (κ1) is 18.2. The Morgan fingerprint density at radius 3 is 2.18 bits per heavy atom. The first-order chi connectivity index (χ1) is 10.2. The molecule has 5 nitrogen and oxygen atoms in total. The maximum absolute atomic E-state index is 5.19. The number of likely N-dealkylation sites (N-methyl/N-ethyl adjacent to an activating group) is 1. The lowest BCUT2D eigenvalue weighted by Crippen LogP contribution is -3.00. The molecule has 0 bridgehead atoms. The van der Waals surface area contributed by atoms with Crippen molar-refractivity contribution in [1.82, 2.24) is 14.9 Å². The lowest BCUT2D eigenvalue weighted by atomic mass is 10.2. The van der Waals surface area contributed by atoms with E-state index in [1.165, 1.54) is 5.56 Å². The summed E-state index contributed by atoms with van der Waals surface area (Å²) in [4.78, 5) is 13.1. The number of rotatable bonds is 7. The van der Waals surface area contributed by atoms with Crippen molar-refractivity contribution in [3.05, 3.63) is 48.3 Å². The van der Waals surface area contributed by atoms with Crippen molar-refractivity contribution in [1.29, 1.82) is 0 Å². The normalized spacial score (nSPS) is 10.2. The van der Waals surface area contributed by atoms with Crippen LogP contribution in [-0.2, 0) is 6.54 Å². The summed E-state index contributed by atoms with van der Waals surface area (Å²) in [6.45, 7) is 2.61. The van der Waals surface area contributed by atoms with Crippen LogP contribution in [0.4, 0.5) is 5.95 Å². The molecule has 0 aliphatic rings. The van der Waals surface area contributed by atoms with Crippen molar-refractivity contribution >= 4 is 5.95 Å². The quantitative estimate of drug-likeness (QED) is 0.658. The number of halogens is 1. The predicted octanol–water partition coefficient (Wildman–Crippen LogP) is -0.943. The molecule has 1 heterocycles. The summed E-state index contributed by atoms with van der Waals surface area (Å²) in [6, 6.07) is 9.94. The fourth-order valence-corrected chi connectivity index (χ4v) is 1.98. The molecular formula is C16H22ClN4O-. The van der Waals surface area contributed by atoms with Gasteiger partial charge in [0, 0.05) is 32.0 Å². The molecule has 0 spiro atoms. The van der Waals surface area contributed by atoms with E-state index in [-0.39, 0.29) is 12.4 Å². The van der Waals surface area contributed by atoms with Crippen molar-refractivity contribution in [2.45, 2.75) is 6.54 Å². The lowest BCUT2D eigenvalue weighted by molar-refractivity contribution is -0.00000489. The van der Waals surface area contributed by atoms with Crippen molar-refractivity contribution in [2.75, 3.05) is 39.2 Å². The van der Waals surface area contributed by atoms with Crippen LogP contribution >= 0.6 is 0 Å². The summed E-state index contributed by atoms with van der Waals surface area (Å²) in [5.74, 6) is 1.63. The minimum atomic E-state index is 0. The van der Waals surface area contributed by atoms with E-state index in [9.17, 15) is 0 Å². The zero-order valence-corrected chi connectivity index (χ0v) is 14.0. The summed E-state index contributed by atoms with van der Waals surface area (Å²) >= 11 is 0. The minimum Gasteiger partial charge on any atom is -1.00 e. The van der Waals surface area contributed by atoms with Gasteiger partial charge in [0.15, 0.2) is 0 Å². The summed E-state index contributed by atoms with van der Waals surface area (Å²) in [6.07, 6.45) is 3.55. The molecule has 0 amide bonds. The molecule has 0 atom stereocenters. The van der Waals surface area contributed by atoms with E-state index in [1.54, 1.807) is 19.5 Å². The number of hydrogen-bond donors (Lipinski definition) is 0. The maximum atomic E-state index is 5.19. The average Bonchev–Trinajstić information content (AvgIpc) is 2.52. The molecule has 6 heteroatoms. The first-order valence-corrected chi connectivity index (χ1v) is 6.98. The lowest BCUT2D eigenvalue weighted by Gasteiger charge is -2.24. The number of ether oxygens (including phenoxy) is 1. The Kier molecular flexibility index (Phi) is 7.63. The molecular weight excluding hydrogens is 300 g/mol. The Labute approximate surface area is 138 Å². The largest absolute Gasteiger partial charge is 1.00 e. The molecule has 0 saturated carbocycles. The minimum absolute atomic E-state index is 0. The van der Waals surface area contributed by atoms with Gasteiger partial charge in [0.2, 0.25) is 5.95 Å². The SMILES string of the molecule is COc1ccc(CN(CCN(C)C)c2ncccn2)cc1.[Cl-]. The molecule has 0 aliphatic heterocycles. The van der Waals surface area contributed by atoms with Crippen LogP contribution < -0.4 is 22.0 Å². The third kappa shape index (κ3) is 5.50. The van der Waals surface area contributed by atoms with Gasteiger partial charge < -0.3 is 26.9 Å². The fraction of sp³-hybridized carbons (Fsp3) is 0.375. The second-order valence-electron chi connectivity index (χ2n) is 5.12. The van der Waals surface area contributed by atoms with Gasteiger partial charge in [0.25, 0.3) is 0 Å². The van der Waals surface area contributed by atoms with Crippen molar-refractivity contribution in [3.63, 3.8) is 0 Å². The first-order valence-electron chi connectivity index (χ1n) is 6.98. The number of methoxy groups -OCH3 is 1. The second kappa shape index (κ2) is 9.23. The van der Waals surface area contributed by atoms with Gasteiger partial charge in [-0.3, -0.25) is 0 Å². The molecule has 0 saturated heterocycles. The number of aromatic nitrogens is 2. The second-order valence-corrected chi connectivity index (χ2v) is 5.12. The zero-order valence-electron chi connectivity index (χ0n) is 13.2. The van der Waals surface area contributed by atoms with Crippen LogP contribution in [-0.4, -0.2) is 49.2 Å². The Balaban J connectivity index is 0.00000242. The van der Waals surface area contributed by atoms with Gasteiger partial charge in [-0.25, -0.2) is 9.97 Å². The van der Waals surface area contributed by atoms with Gasteiger partial charge in [0.05, 0.1) is 7.11 Å². The molecule has 1 aromatic heterocycles. The smallest absolute Gasteiger partial charge is 0.225 e. The maximum Gasteiger partial charge on any atom is 0.225 e. The van der Waals surface area contributed by atoms with Gasteiger partial charge in [-0.15, -0.1) is 0 Å². The van der Waals surface area contributed by atoms with E-state index in [2.05, 4.69) is 46.0 Å². The highest BCUT2D eigenvalue weighted by Crippen LogP contribution is 2.15. The van der Waals surface area contributed by atoms with Crippen LogP contribution in [0, 0.1) is 0 Å². The highest BCUT2D eigenvalue weighted by molar-refractivity contribution is 5.34. The number of benzene rings is 1. The topological polar surface area (TPSA) is 41.5 Å². The van der Waals surface area contributed by atoms with E-state index >= 15 is 0 Å². The third-order valence-electron chi connectivity index (χ3n) is 3.18. The molecule has 0 fully saturated rings. The van der Waals surface area contributed by atoms with Crippen LogP contribution in [0.1, 0.15) is 5.56 Å². The standard InChI is InChI=1S/C16H22N4O.ClH/c1-19(2)11-12-20(16-17-9-4-10-18-16)13-14-5-7-15(21-3)8-6-14;/h4-10H,11-13H2,1-3H3;1H/p-1. The molecule has 120 valence electrons. The summed E-state index contributed by atoms with van der Waals surface area (Å²) in [5.41, 5.74) is 1.21. The van der Waals surface area contributed by atoms with E-state index in [0.717, 1.165) is 31.3 Å². The highest BCUT2D eigenvalue weighted by Gasteiger charge is 2.10. The summed E-state index contributed by atoms with van der Waals surface area (Å²) in [7, 11) is 5.81. The van der Waals surface area contributed by atoms with Gasteiger partial charge >= 0.3 is 0 Å². The van der Waals surface area contributed by atoms with Gasteiger partial charge in [-0.05, 0) is 37.9 Å². The molecule has 0 aliphatic carbocycles. The zero-order chi connectivity index (χ0) is 15.1. The van der Waals surface area contributed by atoms with Crippen molar-refractivity contribution < 1.29 is 17.1 Å². The van der Waals surface area contributed by atoms with Crippen LogP contribution in [0.2, 0.25) is 0 Å². The fourth-order valence-electron chi connectivity index (χ4n) is 1.98. The van der Waals surface area contributed by atoms with Gasteiger partial charge in [0.1, 0.15) is 5.75 Å². The van der Waals surface area contributed by atoms with Crippen molar-refractivity contribution in [2.24, 2.45) is 0 Å². The van der Waals surface area contributed by atoms with Crippen LogP contribution in [0.15, 0.2) is 42.7 Å². The number of hydrogen-bond acceptors (Lipinski definition) is 5. The molecule has 0 radical (unpaired) electrons. The van der Waals surface area contributed by atoms with E-state index < -0.39 is 0 Å². The number of anilines is 1. The number of nitrogens with zero attached hydrogens (tertiary/aromatic N) is 4. The molecule has 2 rings (SSSR count). The Hall–Kier alpha value is -1.85. The Bertz CT molecular complexity index is 534. The molecule has 22 heavy (non-hydrogen) atoms. The van der Waals surface area contributed by atoms with Crippen molar-refractivity contribution in [3.8, 4) is 5.75 Å². The average molecular weight is 322 g/mol. The summed E-state index contributed by atoms with van der Waals surface area (Å²) < 4.78 is 5.19. The molecule has 1 aromatic carbocycles. The molecule has 0 N–H and O–H groups in total. The highest BCUT2D eigenvalue weighted by atomic mass is 35.5. The Morgan fingerprint density at radius 2 is 1.64 bits per heavy atom. The van der Waals surface area contributed by atoms with E-state index in [4.69, 9.17) is 4.74 Å². The molecule has 0 unspecified atom stereocenters. The Morgan fingerprint density at radius 1 is 1.00 bits per heavy atom. The van der Waals surface area contributed by atoms with Crippen LogP contribution in [0.3, 0.4) is 0 Å². The van der Waals surface area contributed by atoms with Crippen LogP contribution in [0.25, 0.3) is 0 Å². The summed E-state index contributed by atoms with van der Waals surface area (Å²) in [5, 5.41) is 0. The van der Waals surface area contributed by atoms with Crippen LogP contribution in [0.5, 0.6) is 5.75 Å². The van der Waals surface area contributed by atoms with Gasteiger partial charge in [-0.1, -0.05) is 12.1 Å².